The lowest BCUT2D eigenvalue weighted by Crippen LogP contribution is -2.47. The van der Waals surface area contributed by atoms with Crippen LogP contribution in [0.25, 0.3) is 0 Å². The van der Waals surface area contributed by atoms with Crippen molar-refractivity contribution in [2.45, 2.75) is 38.4 Å². The quantitative estimate of drug-likeness (QED) is 0.506. The summed E-state index contributed by atoms with van der Waals surface area (Å²) in [6, 6.07) is 17.6. The molecule has 0 radical (unpaired) electrons. The number of anilines is 1. The first-order chi connectivity index (χ1) is 17.5. The molecule has 3 heterocycles. The second-order valence-corrected chi connectivity index (χ2v) is 11.7. The van der Waals surface area contributed by atoms with Crippen molar-refractivity contribution in [3.05, 3.63) is 83.4 Å². The van der Waals surface area contributed by atoms with Crippen molar-refractivity contribution in [2.24, 2.45) is 0 Å². The highest BCUT2D eigenvalue weighted by Gasteiger charge is 2.36. The van der Waals surface area contributed by atoms with Gasteiger partial charge in [0.05, 0.1) is 36.0 Å². The minimum Gasteiger partial charge on any atom is -0.364 e. The Balaban J connectivity index is 1.51. The Morgan fingerprint density at radius 3 is 2.64 bits per heavy atom. The number of hydrogen-bond donors (Lipinski definition) is 1. The summed E-state index contributed by atoms with van der Waals surface area (Å²) in [5.41, 5.74) is 4.40. The van der Waals surface area contributed by atoms with Gasteiger partial charge in [-0.15, -0.1) is 0 Å². The minimum absolute atomic E-state index is 0.103. The Bertz CT molecular complexity index is 1300. The van der Waals surface area contributed by atoms with Gasteiger partial charge in [0, 0.05) is 37.6 Å². The molecule has 3 aromatic rings. The maximum Gasteiger partial charge on any atom is 0.215 e. The fourth-order valence-corrected chi connectivity index (χ4v) is 6.96. The Hall–Kier alpha value is -3.19. The first-order valence-corrected chi connectivity index (χ1v) is 14.1. The molecule has 1 unspecified atom stereocenters. The van der Waals surface area contributed by atoms with Gasteiger partial charge in [-0.1, -0.05) is 30.3 Å². The Morgan fingerprint density at radius 2 is 1.92 bits per heavy atom. The van der Waals surface area contributed by atoms with Crippen LogP contribution in [0.15, 0.2) is 61.1 Å². The fourth-order valence-electron chi connectivity index (χ4n) is 5.30. The van der Waals surface area contributed by atoms with E-state index in [4.69, 9.17) is 0 Å². The highest BCUT2D eigenvalue weighted by Crippen LogP contribution is 2.32. The number of nitrogens with one attached hydrogen (secondary N) is 1. The fraction of sp³-hybridized carbons (Fsp3) is 0.407. The van der Waals surface area contributed by atoms with Crippen LogP contribution in [-0.4, -0.2) is 65.6 Å². The molecular weight excluding hydrogens is 472 g/mol. The molecule has 1 N–H and O–H groups in total. The molecule has 1 aromatic heterocycles. The smallest absolute Gasteiger partial charge is 0.215 e. The molecule has 1 atom stereocenters. The maximum absolute atomic E-state index is 13.9. The number of nitrogens with zero attached hydrogens (tertiary/aromatic N) is 5. The Morgan fingerprint density at radius 1 is 1.11 bits per heavy atom. The number of likely N-dealkylation sites (tertiary alicyclic amines) is 1. The molecule has 8 nitrogen and oxygen atoms in total. The van der Waals surface area contributed by atoms with Crippen molar-refractivity contribution in [1.29, 1.82) is 5.26 Å². The van der Waals surface area contributed by atoms with Gasteiger partial charge in [-0.05, 0) is 61.7 Å². The lowest BCUT2D eigenvalue weighted by Gasteiger charge is -2.32. The van der Waals surface area contributed by atoms with Crippen molar-refractivity contribution in [3.63, 3.8) is 0 Å². The van der Waals surface area contributed by atoms with E-state index >= 15 is 0 Å². The molecule has 5 rings (SSSR count). The molecule has 0 bridgehead atoms. The highest BCUT2D eigenvalue weighted by atomic mass is 32.2. The maximum atomic E-state index is 13.9. The molecule has 2 aliphatic heterocycles. The molecule has 0 spiro atoms. The number of hydrogen-bond acceptors (Lipinski definition) is 6. The molecule has 9 heteroatoms. The average Bonchev–Trinajstić information content (AvgIpc) is 3.58. The number of H-pyrrole nitrogens is 1. The summed E-state index contributed by atoms with van der Waals surface area (Å²) in [7, 11) is -3.55. The number of sulfonamides is 1. The number of aromatic nitrogens is 2. The lowest BCUT2D eigenvalue weighted by molar-refractivity contribution is 0.310. The van der Waals surface area contributed by atoms with Gasteiger partial charge in [-0.25, -0.2) is 13.4 Å². The van der Waals surface area contributed by atoms with Crippen molar-refractivity contribution in [1.82, 2.24) is 19.2 Å². The molecule has 2 aromatic carbocycles. The third kappa shape index (κ3) is 5.62. The number of rotatable bonds is 8. The molecule has 188 valence electrons. The lowest BCUT2D eigenvalue weighted by atomic mass is 10.1. The van der Waals surface area contributed by atoms with Crippen LogP contribution in [0.1, 0.15) is 35.2 Å². The molecule has 36 heavy (non-hydrogen) atoms. The van der Waals surface area contributed by atoms with E-state index in [1.807, 2.05) is 36.4 Å². The van der Waals surface area contributed by atoms with E-state index in [-0.39, 0.29) is 18.3 Å². The van der Waals surface area contributed by atoms with Crippen LogP contribution in [-0.2, 0) is 29.5 Å². The number of benzene rings is 2. The molecular formula is C27H32N6O2S. The zero-order valence-electron chi connectivity index (χ0n) is 20.4. The number of fused-ring (bicyclic) bond motifs is 1. The molecule has 1 fully saturated rings. The zero-order valence-corrected chi connectivity index (χ0v) is 21.2. The summed E-state index contributed by atoms with van der Waals surface area (Å²) in [6.45, 7) is 3.86. The van der Waals surface area contributed by atoms with Gasteiger partial charge < -0.3 is 14.8 Å². The van der Waals surface area contributed by atoms with E-state index in [1.165, 1.54) is 0 Å². The number of aromatic amines is 1. The SMILES string of the molecule is N#Cc1ccc2c(c1)CN(S(=O)(=O)CCN1CCCC1)C(Cc1ccccc1)CN2Cc1cnc[nH]1. The summed E-state index contributed by atoms with van der Waals surface area (Å²) in [6.07, 6.45) is 6.33. The van der Waals surface area contributed by atoms with Gasteiger partial charge in [0.1, 0.15) is 0 Å². The molecule has 0 amide bonds. The van der Waals surface area contributed by atoms with Crippen molar-refractivity contribution in [2.75, 3.05) is 36.8 Å². The first kappa shape index (κ1) is 24.5. The predicted octanol–water partition coefficient (Wildman–Crippen LogP) is 3.14. The molecule has 0 saturated carbocycles. The highest BCUT2D eigenvalue weighted by molar-refractivity contribution is 7.89. The largest absolute Gasteiger partial charge is 0.364 e. The van der Waals surface area contributed by atoms with Gasteiger partial charge in [0.2, 0.25) is 10.0 Å². The number of imidazole rings is 1. The third-order valence-electron chi connectivity index (χ3n) is 7.17. The standard InChI is InChI=1S/C27H32N6O2S/c28-16-23-8-9-27-24(14-23)18-33(36(34,35)13-12-31-10-4-5-11-31)26(15-22-6-2-1-3-7-22)20-32(27)19-25-17-29-21-30-25/h1-3,6-9,14,17,21,26H,4-5,10-13,15,18-20H2,(H,29,30). The van der Waals surface area contributed by atoms with Crippen LogP contribution >= 0.6 is 0 Å². The second kappa shape index (κ2) is 10.8. The summed E-state index contributed by atoms with van der Waals surface area (Å²) in [4.78, 5) is 11.8. The van der Waals surface area contributed by atoms with E-state index in [1.54, 1.807) is 16.8 Å². The van der Waals surface area contributed by atoms with Gasteiger partial charge in [0.25, 0.3) is 0 Å². The average molecular weight is 505 g/mol. The summed E-state index contributed by atoms with van der Waals surface area (Å²) < 4.78 is 29.5. The van der Waals surface area contributed by atoms with E-state index in [9.17, 15) is 13.7 Å². The third-order valence-corrected chi connectivity index (χ3v) is 9.01. The van der Waals surface area contributed by atoms with Gasteiger partial charge in [0.15, 0.2) is 0 Å². The topological polar surface area (TPSA) is 96.3 Å². The second-order valence-electron chi connectivity index (χ2n) is 9.67. The van der Waals surface area contributed by atoms with Gasteiger partial charge in [-0.2, -0.15) is 9.57 Å². The molecule has 1 saturated heterocycles. The monoisotopic (exact) mass is 504 g/mol. The van der Waals surface area contributed by atoms with E-state index in [0.717, 1.165) is 48.4 Å². The predicted molar refractivity (Wildman–Crippen MR) is 140 cm³/mol. The van der Waals surface area contributed by atoms with Crippen LogP contribution in [0.5, 0.6) is 0 Å². The van der Waals surface area contributed by atoms with Crippen molar-refractivity contribution >= 4 is 15.7 Å². The van der Waals surface area contributed by atoms with Crippen LogP contribution in [0.4, 0.5) is 5.69 Å². The van der Waals surface area contributed by atoms with E-state index < -0.39 is 10.0 Å². The number of nitriles is 1. The minimum atomic E-state index is -3.55. The van der Waals surface area contributed by atoms with Crippen LogP contribution in [0.3, 0.4) is 0 Å². The summed E-state index contributed by atoms with van der Waals surface area (Å²) >= 11 is 0. The van der Waals surface area contributed by atoms with Gasteiger partial charge >= 0.3 is 0 Å². The van der Waals surface area contributed by atoms with E-state index in [0.29, 0.717) is 31.6 Å². The zero-order chi connectivity index (χ0) is 25.0. The Labute approximate surface area is 213 Å². The van der Waals surface area contributed by atoms with Crippen molar-refractivity contribution in [3.8, 4) is 6.07 Å². The summed E-state index contributed by atoms with van der Waals surface area (Å²) in [5, 5.41) is 9.55. The van der Waals surface area contributed by atoms with Crippen molar-refractivity contribution < 1.29 is 8.42 Å². The van der Waals surface area contributed by atoms with Crippen LogP contribution < -0.4 is 4.90 Å². The summed E-state index contributed by atoms with van der Waals surface area (Å²) in [5.74, 6) is 0.103. The van der Waals surface area contributed by atoms with Gasteiger partial charge in [-0.3, -0.25) is 0 Å². The van der Waals surface area contributed by atoms with Crippen LogP contribution in [0, 0.1) is 11.3 Å². The van der Waals surface area contributed by atoms with Crippen LogP contribution in [0.2, 0.25) is 0 Å². The normalized spacial score (nSPS) is 19.1. The molecule has 2 aliphatic rings. The van der Waals surface area contributed by atoms with E-state index in [2.05, 4.69) is 38.0 Å². The Kier molecular flexibility index (Phi) is 7.37. The first-order valence-electron chi connectivity index (χ1n) is 12.5. The molecule has 0 aliphatic carbocycles.